The van der Waals surface area contributed by atoms with E-state index in [1.165, 1.54) is 31.3 Å². The molecule has 9 atom stereocenters. The van der Waals surface area contributed by atoms with Gasteiger partial charge >= 0.3 is 23.6 Å². The molecule has 5 N–H and O–H groups in total. The summed E-state index contributed by atoms with van der Waals surface area (Å²) in [6, 6.07) is 1.12. The van der Waals surface area contributed by atoms with E-state index in [4.69, 9.17) is 19.9 Å². The number of aromatic nitrogens is 2. The molecule has 16 heteroatoms. The number of esters is 2. The maximum atomic E-state index is 14.7. The van der Waals surface area contributed by atoms with Crippen LogP contribution in [0.1, 0.15) is 123 Å². The Hall–Kier alpha value is -4.54. The molecular weight excluding hydrogens is 805 g/mol. The summed E-state index contributed by atoms with van der Waals surface area (Å²) in [5, 5.41) is 24.6. The summed E-state index contributed by atoms with van der Waals surface area (Å²) in [5.41, 5.74) is 10.9. The second kappa shape index (κ2) is 20.3. The first-order chi connectivity index (χ1) is 29.5. The summed E-state index contributed by atoms with van der Waals surface area (Å²) >= 11 is 0. The van der Waals surface area contributed by atoms with E-state index < -0.39 is 55.0 Å². The second-order valence-electron chi connectivity index (χ2n) is 18.1. The Labute approximate surface area is 361 Å². The van der Waals surface area contributed by atoms with Crippen molar-refractivity contribution in [3.8, 4) is 0 Å². The Balaban J connectivity index is 0.884. The van der Waals surface area contributed by atoms with Crippen molar-refractivity contribution in [2.45, 2.75) is 154 Å². The largest absolute Gasteiger partial charge is 0.463 e. The summed E-state index contributed by atoms with van der Waals surface area (Å²) in [6.45, 7) is 10.1. The summed E-state index contributed by atoms with van der Waals surface area (Å²) in [6.07, 6.45) is 13.9. The number of rotatable bonds is 17. The zero-order chi connectivity index (χ0) is 44.8. The lowest BCUT2D eigenvalue weighted by Gasteiger charge is -2.44. The number of carbonyl (C=O) groups is 3. The molecule has 1 aliphatic heterocycles. The highest BCUT2D eigenvalue weighted by atomic mass is 19.3. The Morgan fingerprint density at radius 1 is 1.10 bits per heavy atom. The van der Waals surface area contributed by atoms with Crippen LogP contribution in [0.15, 0.2) is 69.8 Å². The maximum Gasteiger partial charge on any atom is 0.351 e. The molecule has 2 heterocycles. The van der Waals surface area contributed by atoms with Crippen molar-refractivity contribution in [2.75, 3.05) is 12.3 Å². The molecule has 1 aromatic heterocycles. The molecule has 1 aromatic rings. The molecule has 340 valence electrons. The van der Waals surface area contributed by atoms with Crippen LogP contribution in [-0.4, -0.2) is 80.3 Å². The number of ether oxygens (including phenoxy) is 3. The predicted molar refractivity (Wildman–Crippen MR) is 227 cm³/mol. The molecule has 62 heavy (non-hydrogen) atoms. The van der Waals surface area contributed by atoms with Gasteiger partial charge in [-0.1, -0.05) is 50.3 Å². The van der Waals surface area contributed by atoms with Gasteiger partial charge in [0, 0.05) is 24.8 Å². The first kappa shape index (κ1) is 47.0. The molecule has 1 saturated heterocycles. The van der Waals surface area contributed by atoms with Gasteiger partial charge in [-0.15, -0.1) is 0 Å². The highest BCUT2D eigenvalue weighted by molar-refractivity contribution is 5.86. The van der Waals surface area contributed by atoms with Gasteiger partial charge in [0.2, 0.25) is 12.1 Å². The van der Waals surface area contributed by atoms with Crippen LogP contribution in [0.2, 0.25) is 0 Å². The van der Waals surface area contributed by atoms with Crippen LogP contribution in [0.5, 0.6) is 0 Å². The highest BCUT2D eigenvalue weighted by Gasteiger charge is 2.60. The number of fused-ring (bicyclic) bond motifs is 1. The number of amides is 1. The van der Waals surface area contributed by atoms with Gasteiger partial charge < -0.3 is 30.2 Å². The molecule has 4 saturated carbocycles. The van der Waals surface area contributed by atoms with E-state index in [2.05, 4.69) is 54.2 Å². The van der Waals surface area contributed by atoms with Crippen molar-refractivity contribution in [3.05, 3.63) is 70.3 Å². The van der Waals surface area contributed by atoms with Crippen molar-refractivity contribution >= 4 is 29.4 Å². The first-order valence-electron chi connectivity index (χ1n) is 22.2. The summed E-state index contributed by atoms with van der Waals surface area (Å²) in [7, 11) is 0. The van der Waals surface area contributed by atoms with Crippen LogP contribution < -0.4 is 16.8 Å². The van der Waals surface area contributed by atoms with Crippen LogP contribution >= 0.6 is 0 Å². The van der Waals surface area contributed by atoms with Crippen molar-refractivity contribution in [2.24, 2.45) is 34.2 Å². The number of nitrogens with two attached hydrogens (primary N) is 1. The summed E-state index contributed by atoms with van der Waals surface area (Å²) < 4.78 is 45.9. The molecule has 0 bridgehead atoms. The number of alkyl halides is 2. The number of anilines is 1. The van der Waals surface area contributed by atoms with Crippen LogP contribution in [-0.2, 0) is 28.6 Å². The van der Waals surface area contributed by atoms with E-state index in [-0.39, 0.29) is 42.3 Å². The fourth-order valence-electron chi connectivity index (χ4n) is 9.86. The number of aliphatic hydroxyl groups is 2. The van der Waals surface area contributed by atoms with Gasteiger partial charge in [0.1, 0.15) is 24.6 Å². The molecule has 5 fully saturated rings. The third-order valence-electron chi connectivity index (χ3n) is 13.6. The number of nitrogen functional groups attached to an aromatic ring is 1. The monoisotopic (exact) mass is 867 g/mol. The maximum absolute atomic E-state index is 14.7. The number of allylic oxidation sites excluding steroid dienone is 4. The fraction of sp³-hybridized carbons (Fsp3) is 0.652. The third kappa shape index (κ3) is 11.3. The smallest absolute Gasteiger partial charge is 0.351 e. The summed E-state index contributed by atoms with van der Waals surface area (Å²) in [4.78, 5) is 52.9. The van der Waals surface area contributed by atoms with E-state index in [1.807, 2.05) is 6.08 Å². The molecule has 5 aliphatic rings. The zero-order valence-electron chi connectivity index (χ0n) is 36.1. The van der Waals surface area contributed by atoms with E-state index in [0.29, 0.717) is 46.8 Å². The second-order valence-corrected chi connectivity index (χ2v) is 18.1. The summed E-state index contributed by atoms with van der Waals surface area (Å²) in [5.74, 6) is -3.89. The van der Waals surface area contributed by atoms with Crippen LogP contribution in [0.4, 0.5) is 14.6 Å². The minimum absolute atomic E-state index is 0.161. The fourth-order valence-corrected chi connectivity index (χ4v) is 9.86. The highest BCUT2D eigenvalue weighted by Crippen LogP contribution is 2.59. The van der Waals surface area contributed by atoms with Gasteiger partial charge in [0.05, 0.1) is 12.5 Å². The van der Waals surface area contributed by atoms with Crippen molar-refractivity contribution in [1.29, 1.82) is 0 Å². The average molecular weight is 868 g/mol. The lowest BCUT2D eigenvalue weighted by atomic mass is 9.61. The van der Waals surface area contributed by atoms with E-state index in [1.54, 1.807) is 6.92 Å². The minimum atomic E-state index is -3.91. The normalized spacial score (nSPS) is 31.0. The van der Waals surface area contributed by atoms with E-state index in [9.17, 15) is 38.2 Å². The number of hydrogen-bond acceptors (Lipinski definition) is 12. The SMILES string of the molecule is C=C1/C(=C\C=C2/CCC[C@@]3(C)C2CCC3C(C)/C=C/C(O)C2CC2)CCC[C@@H]1OC(=O)CCC/C(C)=N/NC(=O)CCC(=O)OCC1OC(n2ccc(N)nc2=O)C(F)(F)C1O. The first-order valence-corrected chi connectivity index (χ1v) is 22.2. The number of hydrogen-bond donors (Lipinski definition) is 4. The lowest BCUT2D eigenvalue weighted by molar-refractivity contribution is -0.151. The molecule has 7 unspecified atom stereocenters. The molecular formula is C46H63F2N5O9. The van der Waals surface area contributed by atoms with Crippen LogP contribution in [0, 0.1) is 29.1 Å². The number of aliphatic hydroxyl groups excluding tert-OH is 2. The van der Waals surface area contributed by atoms with Gasteiger partial charge in [-0.05, 0) is 130 Å². The van der Waals surface area contributed by atoms with Gasteiger partial charge in [-0.3, -0.25) is 19.0 Å². The minimum Gasteiger partial charge on any atom is -0.463 e. The Bertz CT molecular complexity index is 2010. The Morgan fingerprint density at radius 2 is 1.87 bits per heavy atom. The van der Waals surface area contributed by atoms with E-state index >= 15 is 0 Å². The molecule has 4 aliphatic carbocycles. The Kier molecular flexibility index (Phi) is 15.4. The van der Waals surface area contributed by atoms with Crippen molar-refractivity contribution < 1.29 is 47.6 Å². The van der Waals surface area contributed by atoms with Crippen molar-refractivity contribution in [3.63, 3.8) is 0 Å². The Morgan fingerprint density at radius 3 is 2.61 bits per heavy atom. The molecule has 1 amide bonds. The van der Waals surface area contributed by atoms with Crippen LogP contribution in [0.25, 0.3) is 0 Å². The van der Waals surface area contributed by atoms with Gasteiger partial charge in [-0.2, -0.15) is 18.9 Å². The zero-order valence-corrected chi connectivity index (χ0v) is 36.1. The average Bonchev–Trinajstić information content (AvgIpc) is 3.98. The third-order valence-corrected chi connectivity index (χ3v) is 13.6. The van der Waals surface area contributed by atoms with Gasteiger partial charge in [0.25, 0.3) is 0 Å². The number of halogens is 2. The molecule has 6 rings (SSSR count). The van der Waals surface area contributed by atoms with Crippen LogP contribution in [0.3, 0.4) is 0 Å². The number of hydrazone groups is 1. The molecule has 0 aromatic carbocycles. The molecule has 14 nitrogen and oxygen atoms in total. The number of nitrogens with zero attached hydrogens (tertiary/aromatic N) is 3. The standard InChI is InChI=1S/C46H63F2N5O9/c1-27(13-20-35(54)32-16-17-32)33-18-19-34-31(10-7-24-45(33,34)4)15-14-30-9-6-11-36(29(30)3)61-41(57)12-5-8-28(2)51-52-39(55)21-22-40(56)60-26-37-42(58)46(47,48)43(62-37)53-25-23-38(49)50-44(53)59/h13-15,20,23,25,27,32-37,42-43,54,58H,3,5-12,16-19,21-22,24,26H2,1-2,4H3,(H,52,55)(H2,49,50,59)/b20-13+,30-14-,31-15+,51-28+/t27?,33?,34?,35?,36-,37?,42?,43?,45+/m0/s1. The van der Waals surface area contributed by atoms with Crippen molar-refractivity contribution in [1.82, 2.24) is 15.0 Å². The number of carbonyl (C=O) groups excluding carboxylic acids is 3. The number of nitrogens with one attached hydrogen (secondary N) is 1. The topological polar surface area (TPSA) is 205 Å². The van der Waals surface area contributed by atoms with E-state index in [0.717, 1.165) is 61.9 Å². The lowest BCUT2D eigenvalue weighted by Crippen LogP contribution is -2.42. The van der Waals surface area contributed by atoms with Gasteiger partial charge in [0.15, 0.2) is 6.10 Å². The quantitative estimate of drug-likeness (QED) is 0.0585. The molecule has 0 radical (unpaired) electrons. The predicted octanol–water partition coefficient (Wildman–Crippen LogP) is 6.39. The van der Waals surface area contributed by atoms with Gasteiger partial charge in [-0.25, -0.2) is 10.2 Å². The molecule has 0 spiro atoms.